The Labute approximate surface area is 253 Å². The highest BCUT2D eigenvalue weighted by atomic mass is 16.5. The number of phenols is 1. The first kappa shape index (κ1) is 32.7. The van der Waals surface area contributed by atoms with Crippen LogP contribution in [0.5, 0.6) is 23.0 Å². The molecule has 42 heavy (non-hydrogen) atoms. The molecule has 1 N–H and O–H groups in total. The second kappa shape index (κ2) is 17.2. The molecule has 0 saturated heterocycles. The van der Waals surface area contributed by atoms with E-state index in [9.17, 15) is 5.11 Å². The lowest BCUT2D eigenvalue weighted by atomic mass is 9.92. The summed E-state index contributed by atoms with van der Waals surface area (Å²) in [4.78, 5) is 4.73. The SMILES string of the molecule is C#C.CCN(Cc1ccc(OCCN(C)C2CCC2)cc1)c1ccc(OC)c(OC)c1.Oc1ccc2c(c1)CCCC2. The number of fused-ring (bicyclic) bond motifs is 1. The van der Waals surface area contributed by atoms with Crippen LogP contribution in [0.15, 0.2) is 60.7 Å². The van der Waals surface area contributed by atoms with Crippen LogP contribution in [0.1, 0.15) is 55.7 Å². The van der Waals surface area contributed by atoms with Crippen molar-refractivity contribution in [2.24, 2.45) is 0 Å². The number of benzene rings is 3. The van der Waals surface area contributed by atoms with Crippen molar-refractivity contribution in [3.05, 3.63) is 77.4 Å². The smallest absolute Gasteiger partial charge is 0.162 e. The molecule has 0 radical (unpaired) electrons. The Morgan fingerprint density at radius 2 is 1.52 bits per heavy atom. The predicted octanol–water partition coefficient (Wildman–Crippen LogP) is 7.11. The molecule has 0 heterocycles. The summed E-state index contributed by atoms with van der Waals surface area (Å²) in [5.41, 5.74) is 5.13. The molecular formula is C36H48N2O4. The molecule has 0 spiro atoms. The van der Waals surface area contributed by atoms with E-state index >= 15 is 0 Å². The van der Waals surface area contributed by atoms with E-state index in [4.69, 9.17) is 14.2 Å². The second-order valence-electron chi connectivity index (χ2n) is 10.8. The third kappa shape index (κ3) is 9.36. The second-order valence-corrected chi connectivity index (χ2v) is 10.8. The fourth-order valence-corrected chi connectivity index (χ4v) is 5.36. The van der Waals surface area contributed by atoms with Gasteiger partial charge in [0.05, 0.1) is 14.2 Å². The van der Waals surface area contributed by atoms with Gasteiger partial charge < -0.3 is 29.1 Å². The minimum atomic E-state index is 0.408. The molecular weight excluding hydrogens is 524 g/mol. The van der Waals surface area contributed by atoms with Gasteiger partial charge in [-0.15, -0.1) is 12.8 Å². The number of likely N-dealkylation sites (N-methyl/N-ethyl adjacent to an activating group) is 1. The van der Waals surface area contributed by atoms with E-state index < -0.39 is 0 Å². The maximum Gasteiger partial charge on any atom is 0.162 e. The minimum Gasteiger partial charge on any atom is -0.508 e. The zero-order valence-electron chi connectivity index (χ0n) is 25.9. The molecule has 2 aliphatic carbocycles. The highest BCUT2D eigenvalue weighted by molar-refractivity contribution is 5.56. The number of rotatable bonds is 11. The van der Waals surface area contributed by atoms with Gasteiger partial charge in [-0.2, -0.15) is 0 Å². The average molecular weight is 573 g/mol. The summed E-state index contributed by atoms with van der Waals surface area (Å²) in [6.07, 6.45) is 16.9. The van der Waals surface area contributed by atoms with Crippen molar-refractivity contribution in [3.8, 4) is 35.8 Å². The van der Waals surface area contributed by atoms with E-state index in [-0.39, 0.29) is 0 Å². The zero-order chi connectivity index (χ0) is 30.3. The third-order valence-electron chi connectivity index (χ3n) is 8.15. The van der Waals surface area contributed by atoms with Crippen LogP contribution in [0.4, 0.5) is 5.69 Å². The van der Waals surface area contributed by atoms with Gasteiger partial charge in [0, 0.05) is 37.4 Å². The number of aryl methyl sites for hydroxylation is 2. The lowest BCUT2D eigenvalue weighted by molar-refractivity contribution is 0.135. The Kier molecular flexibility index (Phi) is 13.4. The summed E-state index contributed by atoms with van der Waals surface area (Å²) in [6.45, 7) is 5.61. The maximum absolute atomic E-state index is 9.19. The van der Waals surface area contributed by atoms with Gasteiger partial charge in [-0.1, -0.05) is 24.6 Å². The van der Waals surface area contributed by atoms with Crippen molar-refractivity contribution in [1.29, 1.82) is 0 Å². The minimum absolute atomic E-state index is 0.408. The fourth-order valence-electron chi connectivity index (χ4n) is 5.36. The van der Waals surface area contributed by atoms with Gasteiger partial charge in [0.25, 0.3) is 0 Å². The maximum atomic E-state index is 9.19. The molecule has 0 bridgehead atoms. The molecule has 6 heteroatoms. The molecule has 0 aromatic heterocycles. The first-order valence-corrected chi connectivity index (χ1v) is 15.0. The molecule has 3 aromatic carbocycles. The van der Waals surface area contributed by atoms with E-state index in [1.54, 1.807) is 20.3 Å². The number of hydrogen-bond acceptors (Lipinski definition) is 6. The summed E-state index contributed by atoms with van der Waals surface area (Å²) in [7, 11) is 5.52. The van der Waals surface area contributed by atoms with Crippen LogP contribution in [0.25, 0.3) is 0 Å². The summed E-state index contributed by atoms with van der Waals surface area (Å²) >= 11 is 0. The Bertz CT molecular complexity index is 1240. The highest BCUT2D eigenvalue weighted by Crippen LogP contribution is 2.32. The number of ether oxygens (including phenoxy) is 3. The van der Waals surface area contributed by atoms with E-state index in [1.807, 2.05) is 24.3 Å². The van der Waals surface area contributed by atoms with Crippen molar-refractivity contribution in [3.63, 3.8) is 0 Å². The Hall–Kier alpha value is -3.82. The van der Waals surface area contributed by atoms with Gasteiger partial charge in [-0.25, -0.2) is 0 Å². The number of terminal acetylenes is 1. The van der Waals surface area contributed by atoms with Crippen molar-refractivity contribution in [1.82, 2.24) is 4.90 Å². The van der Waals surface area contributed by atoms with Crippen LogP contribution in [-0.4, -0.2) is 57.0 Å². The van der Waals surface area contributed by atoms with Gasteiger partial charge in [-0.3, -0.25) is 0 Å². The van der Waals surface area contributed by atoms with Gasteiger partial charge >= 0.3 is 0 Å². The van der Waals surface area contributed by atoms with E-state index in [0.717, 1.165) is 61.6 Å². The van der Waals surface area contributed by atoms with E-state index in [1.165, 1.54) is 55.2 Å². The van der Waals surface area contributed by atoms with E-state index in [0.29, 0.717) is 5.75 Å². The molecule has 5 rings (SSSR count). The van der Waals surface area contributed by atoms with Crippen LogP contribution in [0.2, 0.25) is 0 Å². The monoisotopic (exact) mass is 572 g/mol. The van der Waals surface area contributed by atoms with Gasteiger partial charge in [0.2, 0.25) is 0 Å². The van der Waals surface area contributed by atoms with Crippen molar-refractivity contribution in [2.75, 3.05) is 45.9 Å². The lowest BCUT2D eigenvalue weighted by Crippen LogP contribution is -2.39. The third-order valence-corrected chi connectivity index (χ3v) is 8.15. The Morgan fingerprint density at radius 1 is 0.833 bits per heavy atom. The predicted molar refractivity (Wildman–Crippen MR) is 173 cm³/mol. The van der Waals surface area contributed by atoms with Gasteiger partial charge in [0.1, 0.15) is 18.1 Å². The molecule has 0 unspecified atom stereocenters. The first-order valence-electron chi connectivity index (χ1n) is 15.0. The molecule has 3 aromatic rings. The largest absolute Gasteiger partial charge is 0.508 e. The molecule has 0 amide bonds. The summed E-state index contributed by atoms with van der Waals surface area (Å²) < 4.78 is 16.7. The summed E-state index contributed by atoms with van der Waals surface area (Å²) in [5, 5.41) is 9.19. The summed E-state index contributed by atoms with van der Waals surface area (Å²) in [6, 6.07) is 21.0. The lowest BCUT2D eigenvalue weighted by Gasteiger charge is -2.34. The normalized spacial score (nSPS) is 13.8. The van der Waals surface area contributed by atoms with Crippen molar-refractivity contribution in [2.45, 2.75) is 64.5 Å². The Balaban J connectivity index is 0.000000308. The Morgan fingerprint density at radius 3 is 2.14 bits per heavy atom. The topological polar surface area (TPSA) is 54.4 Å². The number of hydrogen-bond donors (Lipinski definition) is 1. The standard InChI is InChI=1S/C24H34N2O3.C10H12O.C2H2/c1-5-26(21-11-14-23(27-3)24(17-21)28-4)18-19-9-12-22(13-10-19)29-16-15-25(2)20-7-6-8-20;11-10-6-5-8-3-1-2-4-9(8)7-10;1-2/h9-14,17,20H,5-8,15-16,18H2,1-4H3;5-7,11H,1-4H2;1-2H. The van der Waals surface area contributed by atoms with E-state index in [2.05, 4.69) is 66.9 Å². The highest BCUT2D eigenvalue weighted by Gasteiger charge is 2.21. The number of nitrogens with zero attached hydrogens (tertiary/aromatic N) is 2. The van der Waals surface area contributed by atoms with Crippen molar-refractivity contribution >= 4 is 5.69 Å². The average Bonchev–Trinajstić information content (AvgIpc) is 3.00. The molecule has 226 valence electrons. The van der Waals surface area contributed by atoms with Gasteiger partial charge in [0.15, 0.2) is 11.5 Å². The summed E-state index contributed by atoms with van der Waals surface area (Å²) in [5.74, 6) is 2.84. The van der Waals surface area contributed by atoms with Crippen LogP contribution < -0.4 is 19.1 Å². The first-order chi connectivity index (χ1) is 20.5. The zero-order valence-corrected chi connectivity index (χ0v) is 25.9. The molecule has 0 atom stereocenters. The van der Waals surface area contributed by atoms with Gasteiger partial charge in [-0.05, 0) is 106 Å². The number of phenolic OH excluding ortho intramolecular Hbond substituents is 1. The quantitative estimate of drug-likeness (QED) is 0.247. The molecule has 0 aliphatic heterocycles. The fraction of sp³-hybridized carbons (Fsp3) is 0.444. The molecule has 1 saturated carbocycles. The van der Waals surface area contributed by atoms with Crippen LogP contribution >= 0.6 is 0 Å². The number of methoxy groups -OCH3 is 2. The van der Waals surface area contributed by atoms with Crippen LogP contribution in [0, 0.1) is 12.8 Å². The van der Waals surface area contributed by atoms with Crippen LogP contribution in [-0.2, 0) is 19.4 Å². The molecule has 1 fully saturated rings. The molecule has 6 nitrogen and oxygen atoms in total. The van der Waals surface area contributed by atoms with Crippen LogP contribution in [0.3, 0.4) is 0 Å². The molecule has 2 aliphatic rings. The van der Waals surface area contributed by atoms with Crippen molar-refractivity contribution < 1.29 is 19.3 Å². The number of anilines is 1. The number of aromatic hydroxyl groups is 1.